The summed E-state index contributed by atoms with van der Waals surface area (Å²) in [6.45, 7) is 3.93. The Balaban J connectivity index is 1.32. The van der Waals surface area contributed by atoms with Crippen molar-refractivity contribution in [3.63, 3.8) is 0 Å². The van der Waals surface area contributed by atoms with Crippen molar-refractivity contribution in [2.45, 2.75) is 13.1 Å². The predicted molar refractivity (Wildman–Crippen MR) is 127 cm³/mol. The third-order valence-corrected chi connectivity index (χ3v) is 6.04. The van der Waals surface area contributed by atoms with E-state index in [2.05, 4.69) is 41.3 Å². The summed E-state index contributed by atoms with van der Waals surface area (Å²) in [5.41, 5.74) is 4.99. The Labute approximate surface area is 187 Å². The smallest absolute Gasteiger partial charge is 0.253 e. The summed E-state index contributed by atoms with van der Waals surface area (Å²) in [6.07, 6.45) is 0. The molecule has 0 spiro atoms. The topological polar surface area (TPSA) is 23.3 Å². The van der Waals surface area contributed by atoms with Crippen molar-refractivity contribution >= 4 is 16.7 Å². The van der Waals surface area contributed by atoms with Crippen molar-refractivity contribution in [2.75, 3.05) is 20.1 Å². The first-order valence-electron chi connectivity index (χ1n) is 10.9. The largest absolute Gasteiger partial charge is 0.337 e. The monoisotopic (exact) mass is 424 g/mol. The highest BCUT2D eigenvalue weighted by atomic mass is 19.1. The van der Waals surface area contributed by atoms with E-state index in [4.69, 9.17) is 0 Å². The van der Waals surface area contributed by atoms with Crippen LogP contribution < -0.4 is 0 Å². The van der Waals surface area contributed by atoms with Crippen molar-refractivity contribution in [1.29, 1.82) is 0 Å². The van der Waals surface area contributed by atoms with E-state index in [0.717, 1.165) is 23.2 Å². The third kappa shape index (κ3) is 4.41. The van der Waals surface area contributed by atoms with Gasteiger partial charge in [0.15, 0.2) is 0 Å². The lowest BCUT2D eigenvalue weighted by Crippen LogP contribution is -2.26. The molecule has 0 N–H and O–H groups in total. The maximum atomic E-state index is 13.2. The van der Waals surface area contributed by atoms with Gasteiger partial charge in [0.1, 0.15) is 5.82 Å². The van der Waals surface area contributed by atoms with Crippen LogP contribution in [-0.4, -0.2) is 35.8 Å². The number of carbonyl (C=O) groups is 1. The number of amides is 1. The summed E-state index contributed by atoms with van der Waals surface area (Å²) in [7, 11) is 1.84. The van der Waals surface area contributed by atoms with E-state index in [-0.39, 0.29) is 11.7 Å². The van der Waals surface area contributed by atoms with Gasteiger partial charge in [0.25, 0.3) is 5.91 Å². The molecule has 0 atom stereocenters. The van der Waals surface area contributed by atoms with Crippen molar-refractivity contribution in [3.05, 3.63) is 107 Å². The summed E-state index contributed by atoms with van der Waals surface area (Å²) in [6, 6.07) is 26.8. The van der Waals surface area contributed by atoms with Gasteiger partial charge in [0.05, 0.1) is 0 Å². The van der Waals surface area contributed by atoms with Gasteiger partial charge in [-0.05, 0) is 63.4 Å². The average molecular weight is 425 g/mol. The van der Waals surface area contributed by atoms with Crippen LogP contribution in [0, 0.1) is 5.82 Å². The number of nitrogens with zero attached hydrogens (tertiary/aromatic N) is 2. The van der Waals surface area contributed by atoms with Gasteiger partial charge in [-0.1, -0.05) is 54.6 Å². The van der Waals surface area contributed by atoms with Gasteiger partial charge in [0.2, 0.25) is 0 Å². The predicted octanol–water partition coefficient (Wildman–Crippen LogP) is 5.73. The number of hydrogen-bond acceptors (Lipinski definition) is 2. The summed E-state index contributed by atoms with van der Waals surface area (Å²) in [5, 5.41) is 2.40. The van der Waals surface area contributed by atoms with E-state index in [1.54, 1.807) is 17.0 Å². The molecule has 1 aliphatic rings. The number of carbonyl (C=O) groups excluding carboxylic acids is 1. The Morgan fingerprint density at radius 2 is 1.59 bits per heavy atom. The minimum absolute atomic E-state index is 0.0224. The van der Waals surface area contributed by atoms with Gasteiger partial charge >= 0.3 is 0 Å². The number of fused-ring (bicyclic) bond motifs is 1. The number of benzene rings is 4. The number of halogens is 1. The summed E-state index contributed by atoms with van der Waals surface area (Å²) in [4.78, 5) is 17.2. The molecule has 0 saturated carbocycles. The van der Waals surface area contributed by atoms with Crippen LogP contribution in [0.2, 0.25) is 0 Å². The molecule has 4 aromatic rings. The lowest BCUT2D eigenvalue weighted by atomic mass is 10.0. The molecule has 1 fully saturated rings. The SMILES string of the molecule is CN(Cc1cccc2cc(CN3CC3)ccc12)C(=O)c1ccc(-c2ccc(F)cc2)cc1. The second-order valence-corrected chi connectivity index (χ2v) is 8.49. The van der Waals surface area contributed by atoms with Gasteiger partial charge in [0, 0.05) is 38.8 Å². The Morgan fingerprint density at radius 1 is 0.906 bits per heavy atom. The first kappa shape index (κ1) is 20.4. The van der Waals surface area contributed by atoms with Crippen LogP contribution in [-0.2, 0) is 13.1 Å². The minimum atomic E-state index is -0.257. The third-order valence-electron chi connectivity index (χ3n) is 6.04. The first-order valence-corrected chi connectivity index (χ1v) is 10.9. The van der Waals surface area contributed by atoms with Crippen LogP contribution in [0.3, 0.4) is 0 Å². The molecule has 3 nitrogen and oxygen atoms in total. The molecule has 4 aromatic carbocycles. The lowest BCUT2D eigenvalue weighted by Gasteiger charge is -2.19. The fourth-order valence-corrected chi connectivity index (χ4v) is 4.12. The van der Waals surface area contributed by atoms with Crippen LogP contribution in [0.25, 0.3) is 21.9 Å². The van der Waals surface area contributed by atoms with Crippen molar-refractivity contribution in [1.82, 2.24) is 9.80 Å². The molecule has 0 radical (unpaired) electrons. The molecule has 0 unspecified atom stereocenters. The zero-order valence-corrected chi connectivity index (χ0v) is 18.1. The van der Waals surface area contributed by atoms with Gasteiger partial charge in [-0.15, -0.1) is 0 Å². The second-order valence-electron chi connectivity index (χ2n) is 8.49. The molecule has 1 heterocycles. The second kappa shape index (κ2) is 8.56. The van der Waals surface area contributed by atoms with Gasteiger partial charge < -0.3 is 4.90 Å². The van der Waals surface area contributed by atoms with E-state index in [0.29, 0.717) is 12.1 Å². The fourth-order valence-electron chi connectivity index (χ4n) is 4.12. The lowest BCUT2D eigenvalue weighted by molar-refractivity contribution is 0.0785. The van der Waals surface area contributed by atoms with Gasteiger partial charge in [-0.2, -0.15) is 0 Å². The zero-order valence-electron chi connectivity index (χ0n) is 18.1. The zero-order chi connectivity index (χ0) is 22.1. The van der Waals surface area contributed by atoms with E-state index in [9.17, 15) is 9.18 Å². The van der Waals surface area contributed by atoms with Gasteiger partial charge in [-0.25, -0.2) is 4.39 Å². The van der Waals surface area contributed by atoms with Crippen molar-refractivity contribution in [2.24, 2.45) is 0 Å². The number of hydrogen-bond donors (Lipinski definition) is 0. The maximum absolute atomic E-state index is 13.2. The first-order chi connectivity index (χ1) is 15.6. The van der Waals surface area contributed by atoms with Gasteiger partial charge in [-0.3, -0.25) is 9.69 Å². The van der Waals surface area contributed by atoms with Crippen LogP contribution in [0.4, 0.5) is 4.39 Å². The van der Waals surface area contributed by atoms with E-state index in [1.807, 2.05) is 31.3 Å². The summed E-state index contributed by atoms with van der Waals surface area (Å²) < 4.78 is 13.2. The quantitative estimate of drug-likeness (QED) is 0.369. The highest BCUT2D eigenvalue weighted by Crippen LogP contribution is 2.24. The average Bonchev–Trinajstić information content (AvgIpc) is 3.63. The standard InChI is InChI=1S/C28H25FN2O/c1-30(28(32)23-8-6-21(7-9-23)22-10-12-26(29)13-11-22)19-25-4-2-3-24-17-20(5-14-27(24)25)18-31-15-16-31/h2-14,17H,15-16,18-19H2,1H3. The molecule has 160 valence electrons. The molecule has 5 rings (SSSR count). The maximum Gasteiger partial charge on any atom is 0.253 e. The highest BCUT2D eigenvalue weighted by molar-refractivity contribution is 5.95. The highest BCUT2D eigenvalue weighted by Gasteiger charge is 2.17. The normalized spacial score (nSPS) is 13.3. The molecule has 1 amide bonds. The van der Waals surface area contributed by atoms with Crippen LogP contribution >= 0.6 is 0 Å². The molecule has 4 heteroatoms. The van der Waals surface area contributed by atoms with Crippen LogP contribution in [0.5, 0.6) is 0 Å². The van der Waals surface area contributed by atoms with Crippen LogP contribution in [0.15, 0.2) is 84.9 Å². The Morgan fingerprint density at radius 3 is 2.28 bits per heavy atom. The molecule has 1 saturated heterocycles. The van der Waals surface area contributed by atoms with Crippen molar-refractivity contribution in [3.8, 4) is 11.1 Å². The minimum Gasteiger partial charge on any atom is -0.337 e. The molecule has 0 bridgehead atoms. The Hall–Kier alpha value is -3.50. The van der Waals surface area contributed by atoms with Crippen molar-refractivity contribution < 1.29 is 9.18 Å². The van der Waals surface area contributed by atoms with Crippen LogP contribution in [0.1, 0.15) is 21.5 Å². The Bertz CT molecular complexity index is 1260. The summed E-state index contributed by atoms with van der Waals surface area (Å²) in [5.74, 6) is -0.279. The molecular formula is C28H25FN2O. The molecule has 1 aliphatic heterocycles. The van der Waals surface area contributed by atoms with E-state index < -0.39 is 0 Å². The molecule has 0 aliphatic carbocycles. The molecular weight excluding hydrogens is 399 g/mol. The van der Waals surface area contributed by atoms with E-state index >= 15 is 0 Å². The number of rotatable bonds is 6. The fraction of sp³-hybridized carbons (Fsp3) is 0.179. The van der Waals surface area contributed by atoms with E-state index in [1.165, 1.54) is 41.6 Å². The molecule has 32 heavy (non-hydrogen) atoms. The molecule has 0 aromatic heterocycles. The summed E-state index contributed by atoms with van der Waals surface area (Å²) >= 11 is 0. The Kier molecular flexibility index (Phi) is 5.46.